The second kappa shape index (κ2) is 13.6. The number of amides is 2. The van der Waals surface area contributed by atoms with Gasteiger partial charge in [-0.05, 0) is 70.9 Å². The van der Waals surface area contributed by atoms with Crippen LogP contribution in [0.4, 0.5) is 22.1 Å². The summed E-state index contributed by atoms with van der Waals surface area (Å²) >= 11 is 0. The van der Waals surface area contributed by atoms with Gasteiger partial charge in [-0.1, -0.05) is 38.1 Å². The van der Waals surface area contributed by atoms with Crippen LogP contribution in [0.2, 0.25) is 0 Å². The highest BCUT2D eigenvalue weighted by atomic mass is 16.6. The number of ether oxygens (including phenoxy) is 1. The molecule has 0 aliphatic carbocycles. The molecule has 1 aliphatic rings. The number of anilines is 3. The maximum absolute atomic E-state index is 12.8. The van der Waals surface area contributed by atoms with E-state index >= 15 is 0 Å². The number of benzene rings is 1. The van der Waals surface area contributed by atoms with Crippen molar-refractivity contribution in [2.24, 2.45) is 0 Å². The molecule has 1 saturated heterocycles. The summed E-state index contributed by atoms with van der Waals surface area (Å²) in [6.45, 7) is 19.3. The van der Waals surface area contributed by atoms with Crippen LogP contribution in [0.3, 0.4) is 0 Å². The molecule has 2 atom stereocenters. The second-order valence-electron chi connectivity index (χ2n) is 14.2. The van der Waals surface area contributed by atoms with Gasteiger partial charge < -0.3 is 29.7 Å². The van der Waals surface area contributed by atoms with Crippen molar-refractivity contribution < 1.29 is 18.8 Å². The molecular formula is C35H45N9O4. The van der Waals surface area contributed by atoms with E-state index in [1.807, 2.05) is 98.0 Å². The zero-order valence-electron chi connectivity index (χ0n) is 29.2. The summed E-state index contributed by atoms with van der Waals surface area (Å²) in [6, 6.07) is 11.6. The summed E-state index contributed by atoms with van der Waals surface area (Å²) in [7, 11) is 0. The molecule has 0 unspecified atom stereocenters. The summed E-state index contributed by atoms with van der Waals surface area (Å²) in [5.74, 6) is 1.26. The molecule has 3 aromatic heterocycles. The summed E-state index contributed by atoms with van der Waals surface area (Å²) in [5, 5.41) is 10.2. The van der Waals surface area contributed by atoms with E-state index in [1.54, 1.807) is 4.90 Å². The number of hydrogen-bond donors (Lipinski definition) is 2. The molecule has 0 saturated carbocycles. The molecule has 5 rings (SSSR count). The van der Waals surface area contributed by atoms with Gasteiger partial charge in [-0.15, -0.1) is 0 Å². The topological polar surface area (TPSA) is 152 Å². The Morgan fingerprint density at radius 1 is 1.00 bits per heavy atom. The van der Waals surface area contributed by atoms with Gasteiger partial charge >= 0.3 is 17.9 Å². The van der Waals surface area contributed by atoms with Gasteiger partial charge in [0.05, 0.1) is 23.6 Å². The third kappa shape index (κ3) is 8.25. The van der Waals surface area contributed by atoms with E-state index in [4.69, 9.17) is 9.26 Å². The highest BCUT2D eigenvalue weighted by molar-refractivity contribution is 5.89. The minimum absolute atomic E-state index is 0.0566. The molecule has 13 nitrogen and oxygen atoms in total. The Hall–Kier alpha value is -5.07. The summed E-state index contributed by atoms with van der Waals surface area (Å²) in [4.78, 5) is 47.1. The van der Waals surface area contributed by atoms with E-state index in [9.17, 15) is 9.59 Å². The van der Waals surface area contributed by atoms with Gasteiger partial charge in [0.25, 0.3) is 0 Å². The number of piperazine rings is 1. The Morgan fingerprint density at radius 3 is 2.40 bits per heavy atom. The first-order chi connectivity index (χ1) is 22.6. The predicted molar refractivity (Wildman–Crippen MR) is 183 cm³/mol. The fraction of sp³-hybridized carbons (Fsp3) is 0.457. The molecule has 2 amide bonds. The quantitative estimate of drug-likeness (QED) is 0.234. The number of carbonyl (C=O) groups is 2. The third-order valence-corrected chi connectivity index (χ3v) is 7.95. The zero-order valence-corrected chi connectivity index (χ0v) is 29.2. The van der Waals surface area contributed by atoms with Crippen molar-refractivity contribution in [3.8, 4) is 11.3 Å². The van der Waals surface area contributed by atoms with Crippen molar-refractivity contribution in [3.63, 3.8) is 0 Å². The number of nitrogens with zero attached hydrogens (tertiary/aromatic N) is 7. The van der Waals surface area contributed by atoms with Crippen LogP contribution in [0.25, 0.3) is 11.3 Å². The summed E-state index contributed by atoms with van der Waals surface area (Å²) in [6.07, 6.45) is 3.06. The Kier molecular flexibility index (Phi) is 9.69. The van der Waals surface area contributed by atoms with Crippen LogP contribution in [0.5, 0.6) is 0 Å². The normalized spacial score (nSPS) is 16.0. The molecule has 1 fully saturated rings. The molecule has 1 aliphatic heterocycles. The van der Waals surface area contributed by atoms with Gasteiger partial charge in [-0.2, -0.15) is 4.98 Å². The number of carbonyl (C=O) groups excluding carboxylic acids is 2. The molecule has 2 N–H and O–H groups in total. The standard InChI is InChI=1S/C35H45N9O4/c1-21-16-24(10-12-26(21)23(3)39-30(45)31-41-32(42-48-31)34(4,5)6)27-17-29(38-20-37-27)40-28-13-11-25(18-36-28)44-15-14-43(19-22(44)2)33(46)47-35(7,8)9/h10-13,16-18,20,22-23H,14-15,19H2,1-9H3,(H,39,45)(H,36,37,38,40)/t22-,23+/m0/s1. The Labute approximate surface area is 281 Å². The lowest BCUT2D eigenvalue weighted by Gasteiger charge is -2.41. The molecule has 4 heterocycles. The number of aromatic nitrogens is 5. The van der Waals surface area contributed by atoms with E-state index in [0.29, 0.717) is 37.1 Å². The minimum atomic E-state index is -0.521. The van der Waals surface area contributed by atoms with Crippen LogP contribution in [0.15, 0.2) is 53.4 Å². The number of nitrogens with one attached hydrogen (secondary N) is 2. The molecule has 4 aromatic rings. The van der Waals surface area contributed by atoms with Crippen LogP contribution in [0, 0.1) is 6.92 Å². The first-order valence-electron chi connectivity index (χ1n) is 16.1. The van der Waals surface area contributed by atoms with E-state index in [0.717, 1.165) is 28.1 Å². The predicted octanol–water partition coefficient (Wildman–Crippen LogP) is 6.21. The molecule has 254 valence electrons. The van der Waals surface area contributed by atoms with Gasteiger partial charge in [0.1, 0.15) is 23.6 Å². The van der Waals surface area contributed by atoms with E-state index in [-0.39, 0.29) is 29.5 Å². The largest absolute Gasteiger partial charge is 0.444 e. The van der Waals surface area contributed by atoms with Gasteiger partial charge in [0.15, 0.2) is 5.82 Å². The molecule has 13 heteroatoms. The number of rotatable bonds is 7. The molecule has 1 aromatic carbocycles. The van der Waals surface area contributed by atoms with E-state index in [2.05, 4.69) is 47.5 Å². The van der Waals surface area contributed by atoms with Gasteiger partial charge in [0.2, 0.25) is 0 Å². The first-order valence-corrected chi connectivity index (χ1v) is 16.1. The van der Waals surface area contributed by atoms with Gasteiger partial charge in [-0.3, -0.25) is 4.79 Å². The maximum Gasteiger partial charge on any atom is 0.410 e. The molecular weight excluding hydrogens is 610 g/mol. The van der Waals surface area contributed by atoms with Crippen LogP contribution >= 0.6 is 0 Å². The fourth-order valence-electron chi connectivity index (χ4n) is 5.46. The lowest BCUT2D eigenvalue weighted by molar-refractivity contribution is 0.0218. The first kappa shape index (κ1) is 34.3. The number of aryl methyl sites for hydroxylation is 1. The van der Waals surface area contributed by atoms with Crippen molar-refractivity contribution in [1.29, 1.82) is 0 Å². The highest BCUT2D eigenvalue weighted by Crippen LogP contribution is 2.27. The van der Waals surface area contributed by atoms with Crippen LogP contribution in [-0.4, -0.2) is 73.3 Å². The monoisotopic (exact) mass is 655 g/mol. The lowest BCUT2D eigenvalue weighted by Crippen LogP contribution is -2.54. The molecule has 0 spiro atoms. The van der Waals surface area contributed by atoms with E-state index in [1.165, 1.54) is 6.33 Å². The second-order valence-corrected chi connectivity index (χ2v) is 14.2. The van der Waals surface area contributed by atoms with Crippen molar-refractivity contribution in [3.05, 3.63) is 71.8 Å². The van der Waals surface area contributed by atoms with Gasteiger partial charge in [0, 0.05) is 42.7 Å². The molecule has 0 bridgehead atoms. The van der Waals surface area contributed by atoms with Crippen molar-refractivity contribution in [1.82, 2.24) is 35.3 Å². The van der Waals surface area contributed by atoms with Crippen molar-refractivity contribution in [2.75, 3.05) is 29.9 Å². The number of hydrogen-bond acceptors (Lipinski definition) is 11. The van der Waals surface area contributed by atoms with Gasteiger partial charge in [-0.25, -0.2) is 19.7 Å². The molecule has 48 heavy (non-hydrogen) atoms. The zero-order chi connectivity index (χ0) is 34.8. The minimum Gasteiger partial charge on any atom is -0.444 e. The smallest absolute Gasteiger partial charge is 0.410 e. The SMILES string of the molecule is Cc1cc(-c2cc(Nc3ccc(N4CCN(C(=O)OC(C)(C)C)C[C@@H]4C)cn3)ncn2)ccc1[C@@H](C)NC(=O)c1nc(C(C)(C)C)no1. The average Bonchev–Trinajstić information content (AvgIpc) is 3.53. The highest BCUT2D eigenvalue weighted by Gasteiger charge is 2.30. The summed E-state index contributed by atoms with van der Waals surface area (Å²) in [5.41, 5.74) is 3.75. The Balaban J connectivity index is 1.20. The van der Waals surface area contributed by atoms with E-state index < -0.39 is 11.5 Å². The third-order valence-electron chi connectivity index (χ3n) is 7.95. The maximum atomic E-state index is 12.8. The van der Waals surface area contributed by atoms with Crippen LogP contribution < -0.4 is 15.5 Å². The molecule has 0 radical (unpaired) electrons. The van der Waals surface area contributed by atoms with Crippen molar-refractivity contribution in [2.45, 2.75) is 85.4 Å². The van der Waals surface area contributed by atoms with Crippen molar-refractivity contribution >= 4 is 29.3 Å². The Bertz CT molecular complexity index is 1760. The number of pyridine rings is 1. The average molecular weight is 656 g/mol. The lowest BCUT2D eigenvalue weighted by atomic mass is 9.96. The van der Waals surface area contributed by atoms with Crippen LogP contribution in [0.1, 0.15) is 89.1 Å². The van der Waals surface area contributed by atoms with Crippen LogP contribution in [-0.2, 0) is 10.2 Å². The Morgan fingerprint density at radius 2 is 1.77 bits per heavy atom. The fourth-order valence-corrected chi connectivity index (χ4v) is 5.46. The summed E-state index contributed by atoms with van der Waals surface area (Å²) < 4.78 is 10.7.